The summed E-state index contributed by atoms with van der Waals surface area (Å²) in [5.41, 5.74) is 3.11. The molecule has 2 aromatic carbocycles. The molecule has 3 aromatic rings. The minimum Gasteiger partial charge on any atom is -0.324 e. The lowest BCUT2D eigenvalue weighted by Crippen LogP contribution is -2.23. The van der Waals surface area contributed by atoms with E-state index < -0.39 is 5.25 Å². The van der Waals surface area contributed by atoms with E-state index in [0.29, 0.717) is 23.0 Å². The molecule has 0 aliphatic heterocycles. The van der Waals surface area contributed by atoms with E-state index in [4.69, 9.17) is 0 Å². The number of anilines is 1. The maximum Gasteiger partial charge on any atom is 0.237 e. The second kappa shape index (κ2) is 8.72. The molecule has 0 aliphatic rings. The van der Waals surface area contributed by atoms with E-state index >= 15 is 0 Å². The van der Waals surface area contributed by atoms with Gasteiger partial charge in [-0.1, -0.05) is 48.2 Å². The molecule has 142 valence electrons. The first-order valence-electron chi connectivity index (χ1n) is 9.01. The number of benzene rings is 2. The predicted octanol–water partition coefficient (Wildman–Crippen LogP) is 4.26. The highest BCUT2D eigenvalue weighted by Crippen LogP contribution is 2.29. The standard InChI is InChI=1S/C21H21N5OS/c1-4-26-19(17-11-7-5-9-14(17)2)24-25-21(26)28-15(3)20(27)23-18-12-8-6-10-16(18)13-22/h5-12,15H,4H2,1-3H3,(H,23,27)/t15-/m1/s1. The van der Waals surface area contributed by atoms with Crippen molar-refractivity contribution in [2.75, 3.05) is 5.32 Å². The second-order valence-electron chi connectivity index (χ2n) is 6.27. The van der Waals surface area contributed by atoms with Crippen LogP contribution in [-0.4, -0.2) is 25.9 Å². The Kier molecular flexibility index (Phi) is 6.12. The number of para-hydroxylation sites is 1. The van der Waals surface area contributed by atoms with Gasteiger partial charge in [0.05, 0.1) is 16.5 Å². The summed E-state index contributed by atoms with van der Waals surface area (Å²) < 4.78 is 2.01. The van der Waals surface area contributed by atoms with Gasteiger partial charge in [0, 0.05) is 12.1 Å². The molecule has 1 aromatic heterocycles. The molecule has 0 aliphatic carbocycles. The fraction of sp³-hybridized carbons (Fsp3) is 0.238. The Morgan fingerprint density at radius 2 is 1.93 bits per heavy atom. The molecule has 0 fully saturated rings. The topological polar surface area (TPSA) is 83.6 Å². The molecule has 7 heteroatoms. The SMILES string of the molecule is CCn1c(S[C@H](C)C(=O)Nc2ccccc2C#N)nnc1-c1ccccc1C. The Labute approximate surface area is 168 Å². The summed E-state index contributed by atoms with van der Waals surface area (Å²) in [6.45, 7) is 6.59. The quantitative estimate of drug-likeness (QED) is 0.635. The van der Waals surface area contributed by atoms with Gasteiger partial charge in [0.2, 0.25) is 5.91 Å². The zero-order valence-corrected chi connectivity index (χ0v) is 16.8. The summed E-state index contributed by atoms with van der Waals surface area (Å²) in [6, 6.07) is 17.1. The summed E-state index contributed by atoms with van der Waals surface area (Å²) in [6.07, 6.45) is 0. The summed E-state index contributed by atoms with van der Waals surface area (Å²) >= 11 is 1.35. The van der Waals surface area contributed by atoms with E-state index in [1.54, 1.807) is 24.3 Å². The fourth-order valence-electron chi connectivity index (χ4n) is 2.82. The summed E-state index contributed by atoms with van der Waals surface area (Å²) in [7, 11) is 0. The van der Waals surface area contributed by atoms with Crippen LogP contribution in [-0.2, 0) is 11.3 Å². The summed E-state index contributed by atoms with van der Waals surface area (Å²) in [4.78, 5) is 12.6. The van der Waals surface area contributed by atoms with Crippen LogP contribution in [0.3, 0.4) is 0 Å². The first-order chi connectivity index (χ1) is 13.5. The molecular formula is C21H21N5OS. The molecule has 0 saturated heterocycles. The zero-order chi connectivity index (χ0) is 20.1. The number of aromatic nitrogens is 3. The van der Waals surface area contributed by atoms with Crippen molar-refractivity contribution in [2.45, 2.75) is 37.7 Å². The van der Waals surface area contributed by atoms with E-state index in [1.807, 2.05) is 49.6 Å². The van der Waals surface area contributed by atoms with Crippen LogP contribution < -0.4 is 5.32 Å². The molecule has 1 N–H and O–H groups in total. The van der Waals surface area contributed by atoms with Gasteiger partial charge >= 0.3 is 0 Å². The minimum absolute atomic E-state index is 0.184. The molecule has 3 rings (SSSR count). The second-order valence-corrected chi connectivity index (χ2v) is 7.58. The number of rotatable bonds is 6. The lowest BCUT2D eigenvalue weighted by Gasteiger charge is -2.13. The van der Waals surface area contributed by atoms with Crippen LogP contribution in [0.15, 0.2) is 53.7 Å². The van der Waals surface area contributed by atoms with Crippen molar-refractivity contribution in [1.82, 2.24) is 14.8 Å². The van der Waals surface area contributed by atoms with Gasteiger partial charge in [0.1, 0.15) is 6.07 Å². The molecule has 1 heterocycles. The van der Waals surface area contributed by atoms with E-state index in [9.17, 15) is 10.1 Å². The lowest BCUT2D eigenvalue weighted by atomic mass is 10.1. The van der Waals surface area contributed by atoms with Crippen LogP contribution in [0, 0.1) is 18.3 Å². The molecule has 1 atom stereocenters. The van der Waals surface area contributed by atoms with Crippen LogP contribution in [0.4, 0.5) is 5.69 Å². The van der Waals surface area contributed by atoms with Crippen molar-refractivity contribution in [1.29, 1.82) is 5.26 Å². The first kappa shape index (κ1) is 19.6. The largest absolute Gasteiger partial charge is 0.324 e. The third-order valence-corrected chi connectivity index (χ3v) is 5.46. The average Bonchev–Trinajstić information content (AvgIpc) is 3.10. The van der Waals surface area contributed by atoms with Crippen LogP contribution >= 0.6 is 11.8 Å². The van der Waals surface area contributed by atoms with E-state index in [0.717, 1.165) is 17.0 Å². The molecule has 0 unspecified atom stereocenters. The van der Waals surface area contributed by atoms with Crippen LogP contribution in [0.5, 0.6) is 0 Å². The molecule has 0 bridgehead atoms. The van der Waals surface area contributed by atoms with Gasteiger partial charge in [-0.05, 0) is 38.5 Å². The number of nitrogens with zero attached hydrogens (tertiary/aromatic N) is 4. The van der Waals surface area contributed by atoms with E-state index in [1.165, 1.54) is 11.8 Å². The molecule has 1 amide bonds. The van der Waals surface area contributed by atoms with Gasteiger partial charge in [-0.15, -0.1) is 10.2 Å². The third-order valence-electron chi connectivity index (χ3n) is 4.38. The Morgan fingerprint density at radius 3 is 2.64 bits per heavy atom. The molecule has 0 spiro atoms. The van der Waals surface area contributed by atoms with Crippen LogP contribution in [0.25, 0.3) is 11.4 Å². The maximum absolute atomic E-state index is 12.6. The van der Waals surface area contributed by atoms with Crippen molar-refractivity contribution in [3.8, 4) is 17.5 Å². The Bertz CT molecular complexity index is 1040. The van der Waals surface area contributed by atoms with Crippen molar-refractivity contribution >= 4 is 23.4 Å². The van der Waals surface area contributed by atoms with Gasteiger partial charge in [-0.25, -0.2) is 0 Å². The van der Waals surface area contributed by atoms with Gasteiger partial charge < -0.3 is 9.88 Å². The first-order valence-corrected chi connectivity index (χ1v) is 9.89. The van der Waals surface area contributed by atoms with Crippen molar-refractivity contribution in [2.24, 2.45) is 0 Å². The lowest BCUT2D eigenvalue weighted by molar-refractivity contribution is -0.115. The van der Waals surface area contributed by atoms with Gasteiger partial charge in [-0.3, -0.25) is 4.79 Å². The van der Waals surface area contributed by atoms with Gasteiger partial charge in [0.15, 0.2) is 11.0 Å². The zero-order valence-electron chi connectivity index (χ0n) is 16.0. The minimum atomic E-state index is -0.397. The third kappa shape index (κ3) is 4.07. The van der Waals surface area contributed by atoms with Crippen molar-refractivity contribution in [3.63, 3.8) is 0 Å². The Morgan fingerprint density at radius 1 is 1.21 bits per heavy atom. The highest BCUT2D eigenvalue weighted by molar-refractivity contribution is 8.00. The maximum atomic E-state index is 12.6. The van der Waals surface area contributed by atoms with E-state index in [-0.39, 0.29) is 5.91 Å². The van der Waals surface area contributed by atoms with Crippen molar-refractivity contribution in [3.05, 3.63) is 59.7 Å². The highest BCUT2D eigenvalue weighted by Gasteiger charge is 2.21. The summed E-state index contributed by atoms with van der Waals surface area (Å²) in [5.74, 6) is 0.612. The fourth-order valence-corrected chi connectivity index (χ4v) is 3.73. The molecule has 0 saturated carbocycles. The number of amides is 1. The Balaban J connectivity index is 1.79. The number of nitriles is 1. The molecule has 6 nitrogen and oxygen atoms in total. The highest BCUT2D eigenvalue weighted by atomic mass is 32.2. The monoisotopic (exact) mass is 391 g/mol. The number of hydrogen-bond donors (Lipinski definition) is 1. The number of hydrogen-bond acceptors (Lipinski definition) is 5. The summed E-state index contributed by atoms with van der Waals surface area (Å²) in [5, 5.41) is 21.0. The number of nitrogens with one attached hydrogen (secondary N) is 1. The van der Waals surface area contributed by atoms with Crippen LogP contribution in [0.1, 0.15) is 25.0 Å². The molecule has 0 radical (unpaired) electrons. The van der Waals surface area contributed by atoms with E-state index in [2.05, 4.69) is 21.6 Å². The average molecular weight is 392 g/mol. The Hall–Kier alpha value is -3.11. The van der Waals surface area contributed by atoms with Gasteiger partial charge in [-0.2, -0.15) is 5.26 Å². The predicted molar refractivity (Wildman–Crippen MR) is 111 cm³/mol. The van der Waals surface area contributed by atoms with Gasteiger partial charge in [0.25, 0.3) is 0 Å². The van der Waals surface area contributed by atoms with Crippen LogP contribution in [0.2, 0.25) is 0 Å². The molecule has 28 heavy (non-hydrogen) atoms. The number of thioether (sulfide) groups is 1. The smallest absolute Gasteiger partial charge is 0.237 e. The van der Waals surface area contributed by atoms with Crippen molar-refractivity contribution < 1.29 is 4.79 Å². The number of aryl methyl sites for hydroxylation is 1. The number of carbonyl (C=O) groups excluding carboxylic acids is 1. The molecular weight excluding hydrogens is 370 g/mol. The normalized spacial score (nSPS) is 11.6. The number of carbonyl (C=O) groups is 1.